The van der Waals surface area contributed by atoms with Crippen LogP contribution < -0.4 is 19.7 Å². The number of benzene rings is 2. The van der Waals surface area contributed by atoms with Crippen LogP contribution in [0.2, 0.25) is 0 Å². The van der Waals surface area contributed by atoms with Crippen molar-refractivity contribution >= 4 is 27.5 Å². The Labute approximate surface area is 203 Å². The van der Waals surface area contributed by atoms with Gasteiger partial charge < -0.3 is 19.7 Å². The molecule has 0 aliphatic carbocycles. The maximum atomic E-state index is 13.2. The fourth-order valence-electron chi connectivity index (χ4n) is 4.43. The molecule has 188 valence electrons. The van der Waals surface area contributed by atoms with Gasteiger partial charge in [-0.25, -0.2) is 12.8 Å². The number of ether oxygens (including phenoxy) is 2. The van der Waals surface area contributed by atoms with Crippen LogP contribution in [0.5, 0.6) is 11.5 Å². The van der Waals surface area contributed by atoms with Crippen LogP contribution >= 0.6 is 0 Å². The second kappa shape index (κ2) is 10.2. The fraction of sp³-hybridized carbons (Fsp3) is 0.417. The van der Waals surface area contributed by atoms with E-state index in [1.165, 1.54) is 40.6 Å². The van der Waals surface area contributed by atoms with Crippen molar-refractivity contribution in [3.63, 3.8) is 0 Å². The molecule has 1 unspecified atom stereocenters. The van der Waals surface area contributed by atoms with Gasteiger partial charge in [-0.1, -0.05) is 0 Å². The fourth-order valence-corrected chi connectivity index (χ4v) is 5.75. The molecule has 1 fully saturated rings. The van der Waals surface area contributed by atoms with Crippen LogP contribution in [0.25, 0.3) is 0 Å². The zero-order valence-corrected chi connectivity index (χ0v) is 20.4. The van der Waals surface area contributed by atoms with Gasteiger partial charge in [-0.2, -0.15) is 4.31 Å². The number of carbonyl (C=O) groups excluding carboxylic acids is 2. The first-order valence-electron chi connectivity index (χ1n) is 11.3. The van der Waals surface area contributed by atoms with Crippen molar-refractivity contribution < 1.29 is 31.9 Å². The zero-order valence-electron chi connectivity index (χ0n) is 19.6. The van der Waals surface area contributed by atoms with Crippen molar-refractivity contribution in [2.75, 3.05) is 44.5 Å². The van der Waals surface area contributed by atoms with Gasteiger partial charge in [-0.15, -0.1) is 0 Å². The quantitative estimate of drug-likeness (QED) is 0.586. The summed E-state index contributed by atoms with van der Waals surface area (Å²) in [4.78, 5) is 26.4. The largest absolute Gasteiger partial charge is 0.493 e. The normalized spacial score (nSPS) is 18.3. The molecule has 4 rings (SSSR count). The topological polar surface area (TPSA) is 105 Å². The van der Waals surface area contributed by atoms with Crippen molar-refractivity contribution in [3.8, 4) is 11.5 Å². The summed E-state index contributed by atoms with van der Waals surface area (Å²) in [5, 5.41) is 2.65. The third-order valence-electron chi connectivity index (χ3n) is 6.37. The summed E-state index contributed by atoms with van der Waals surface area (Å²) < 4.78 is 51.0. The molecular formula is C24H28FN3O6S. The summed E-state index contributed by atoms with van der Waals surface area (Å²) in [6, 6.07) is 9.15. The molecule has 2 aromatic rings. The van der Waals surface area contributed by atoms with E-state index >= 15 is 0 Å². The van der Waals surface area contributed by atoms with Crippen LogP contribution in [0.1, 0.15) is 17.5 Å². The Balaban J connectivity index is 1.31. The highest BCUT2D eigenvalue weighted by Crippen LogP contribution is 2.34. The van der Waals surface area contributed by atoms with Crippen molar-refractivity contribution in [1.82, 2.24) is 9.62 Å². The first-order chi connectivity index (χ1) is 16.7. The van der Waals surface area contributed by atoms with Gasteiger partial charge in [-0.3, -0.25) is 9.59 Å². The average Bonchev–Trinajstić information content (AvgIpc) is 3.24. The highest BCUT2D eigenvalue weighted by atomic mass is 32.2. The minimum Gasteiger partial charge on any atom is -0.493 e. The van der Waals surface area contributed by atoms with Crippen LogP contribution in [0, 0.1) is 11.7 Å². The highest BCUT2D eigenvalue weighted by molar-refractivity contribution is 7.89. The van der Waals surface area contributed by atoms with Crippen LogP contribution in [0.3, 0.4) is 0 Å². The first kappa shape index (κ1) is 24.9. The lowest BCUT2D eigenvalue weighted by Crippen LogP contribution is -2.41. The minimum atomic E-state index is -3.62. The number of halogens is 1. The monoisotopic (exact) mass is 505 g/mol. The van der Waals surface area contributed by atoms with Crippen LogP contribution in [0.4, 0.5) is 10.1 Å². The second-order valence-corrected chi connectivity index (χ2v) is 10.6. The van der Waals surface area contributed by atoms with Gasteiger partial charge in [0.2, 0.25) is 21.8 Å². The second-order valence-electron chi connectivity index (χ2n) is 8.55. The number of hydrogen-bond acceptors (Lipinski definition) is 6. The van der Waals surface area contributed by atoms with Crippen LogP contribution in [0.15, 0.2) is 36.4 Å². The van der Waals surface area contributed by atoms with Crippen LogP contribution in [-0.2, 0) is 32.6 Å². The van der Waals surface area contributed by atoms with Gasteiger partial charge in [0.05, 0.1) is 25.9 Å². The van der Waals surface area contributed by atoms with E-state index in [0.717, 1.165) is 11.1 Å². The lowest BCUT2D eigenvalue weighted by molar-refractivity contribution is -0.126. The summed E-state index contributed by atoms with van der Waals surface area (Å²) in [6.45, 7) is 0.660. The summed E-state index contributed by atoms with van der Waals surface area (Å²) in [6.07, 6.45) is 0.564. The molecule has 2 heterocycles. The molecule has 0 bridgehead atoms. The number of nitrogens with zero attached hydrogens (tertiary/aromatic N) is 2. The zero-order chi connectivity index (χ0) is 25.2. The maximum absolute atomic E-state index is 13.2. The number of amides is 2. The van der Waals surface area contributed by atoms with Crippen molar-refractivity contribution in [2.45, 2.75) is 19.4 Å². The Morgan fingerprint density at radius 2 is 1.77 bits per heavy atom. The molecule has 2 amide bonds. The van der Waals surface area contributed by atoms with Crippen molar-refractivity contribution in [3.05, 3.63) is 53.3 Å². The van der Waals surface area contributed by atoms with E-state index in [9.17, 15) is 22.4 Å². The van der Waals surface area contributed by atoms with E-state index in [1.54, 1.807) is 13.2 Å². The Kier molecular flexibility index (Phi) is 7.27. The smallest absolute Gasteiger partial charge is 0.227 e. The van der Waals surface area contributed by atoms with Gasteiger partial charge in [0.1, 0.15) is 5.82 Å². The number of nitrogens with one attached hydrogen (secondary N) is 1. The maximum Gasteiger partial charge on any atom is 0.227 e. The van der Waals surface area contributed by atoms with Gasteiger partial charge >= 0.3 is 0 Å². The summed E-state index contributed by atoms with van der Waals surface area (Å²) in [5.41, 5.74) is 2.39. The summed E-state index contributed by atoms with van der Waals surface area (Å²) in [5.74, 6) is -0.717. The predicted octanol–water partition coefficient (Wildman–Crippen LogP) is 1.70. The van der Waals surface area contributed by atoms with E-state index in [0.29, 0.717) is 30.2 Å². The average molecular weight is 506 g/mol. The minimum absolute atomic E-state index is 0.0180. The molecule has 35 heavy (non-hydrogen) atoms. The molecule has 0 radical (unpaired) electrons. The molecule has 1 N–H and O–H groups in total. The standard InChI is InChI=1S/C24H28FN3O6S/c1-33-21-11-16-7-9-27(14-17(16)12-22(21)34-2)35(31,32)10-8-26-24(30)18-13-23(29)28(15-18)20-5-3-19(25)4-6-20/h3-6,11-12,18H,7-10,13-15H2,1-2H3,(H,26,30). The predicted molar refractivity (Wildman–Crippen MR) is 127 cm³/mol. The van der Waals surface area contributed by atoms with E-state index in [1.807, 2.05) is 6.07 Å². The molecule has 11 heteroatoms. The molecule has 0 aromatic heterocycles. The molecule has 2 aliphatic heterocycles. The number of sulfonamides is 1. The number of carbonyl (C=O) groups is 2. The molecular weight excluding hydrogens is 477 g/mol. The van der Waals surface area contributed by atoms with Gasteiger partial charge in [-0.05, 0) is 53.9 Å². The number of anilines is 1. The molecule has 1 saturated heterocycles. The number of rotatable bonds is 8. The van der Waals surface area contributed by atoms with E-state index in [-0.39, 0.29) is 43.6 Å². The molecule has 0 spiro atoms. The number of fused-ring (bicyclic) bond motifs is 1. The Morgan fingerprint density at radius 1 is 1.11 bits per heavy atom. The SMILES string of the molecule is COc1cc2c(cc1OC)CN(S(=O)(=O)CCNC(=O)C1CC(=O)N(c3ccc(F)cc3)C1)CC2. The lowest BCUT2D eigenvalue weighted by atomic mass is 10.0. The van der Waals surface area contributed by atoms with Gasteiger partial charge in [0.25, 0.3) is 0 Å². The van der Waals surface area contributed by atoms with E-state index in [4.69, 9.17) is 9.47 Å². The summed E-state index contributed by atoms with van der Waals surface area (Å²) >= 11 is 0. The third kappa shape index (κ3) is 5.40. The Hall–Kier alpha value is -3.18. The molecule has 9 nitrogen and oxygen atoms in total. The first-order valence-corrected chi connectivity index (χ1v) is 12.9. The molecule has 2 aromatic carbocycles. The van der Waals surface area contributed by atoms with E-state index < -0.39 is 21.8 Å². The van der Waals surface area contributed by atoms with E-state index in [2.05, 4.69) is 5.32 Å². The van der Waals surface area contributed by atoms with Crippen LogP contribution in [-0.4, -0.2) is 64.1 Å². The van der Waals surface area contributed by atoms with Crippen molar-refractivity contribution in [1.29, 1.82) is 0 Å². The Morgan fingerprint density at radius 3 is 2.43 bits per heavy atom. The Bertz CT molecular complexity index is 1220. The molecule has 1 atom stereocenters. The van der Waals surface area contributed by atoms with Crippen molar-refractivity contribution in [2.24, 2.45) is 5.92 Å². The van der Waals surface area contributed by atoms with Gasteiger partial charge in [0, 0.05) is 38.3 Å². The molecule has 2 aliphatic rings. The molecule has 0 saturated carbocycles. The number of hydrogen-bond donors (Lipinski definition) is 1. The van der Waals surface area contributed by atoms with Gasteiger partial charge in [0.15, 0.2) is 11.5 Å². The third-order valence-corrected chi connectivity index (χ3v) is 8.19. The summed E-state index contributed by atoms with van der Waals surface area (Å²) in [7, 11) is -0.531. The highest BCUT2D eigenvalue weighted by Gasteiger charge is 2.35. The lowest BCUT2D eigenvalue weighted by Gasteiger charge is -2.29. The number of methoxy groups -OCH3 is 2.